The van der Waals surface area contributed by atoms with Crippen LogP contribution in [0.25, 0.3) is 0 Å². The lowest BCUT2D eigenvalue weighted by Gasteiger charge is -2.10. The SMILES string of the molecule is CCCCCCCCCC(C\C=C/C=C\C=C/C=C/C(=O)O)OO. The van der Waals surface area contributed by atoms with E-state index in [0.717, 1.165) is 18.9 Å². The number of allylic oxidation sites excluding steroid dienone is 6. The zero-order valence-electron chi connectivity index (χ0n) is 14.8. The van der Waals surface area contributed by atoms with Crippen LogP contribution < -0.4 is 0 Å². The van der Waals surface area contributed by atoms with Crippen molar-refractivity contribution in [1.29, 1.82) is 0 Å². The predicted molar refractivity (Wildman–Crippen MR) is 98.9 cm³/mol. The van der Waals surface area contributed by atoms with Crippen molar-refractivity contribution < 1.29 is 20.0 Å². The molecule has 0 radical (unpaired) electrons. The summed E-state index contributed by atoms with van der Waals surface area (Å²) in [6, 6.07) is 0. The van der Waals surface area contributed by atoms with Gasteiger partial charge in [-0.15, -0.1) is 0 Å². The number of aliphatic carboxylic acids is 1. The molecular formula is C20H32O4. The van der Waals surface area contributed by atoms with Gasteiger partial charge in [0.25, 0.3) is 0 Å². The topological polar surface area (TPSA) is 66.8 Å². The summed E-state index contributed by atoms with van der Waals surface area (Å²) in [5.41, 5.74) is 0. The molecule has 24 heavy (non-hydrogen) atoms. The number of rotatable bonds is 15. The number of hydrogen-bond acceptors (Lipinski definition) is 3. The maximum absolute atomic E-state index is 10.2. The quantitative estimate of drug-likeness (QED) is 0.133. The fourth-order valence-electron chi connectivity index (χ4n) is 2.25. The van der Waals surface area contributed by atoms with Crippen molar-refractivity contribution in [2.75, 3.05) is 0 Å². The lowest BCUT2D eigenvalue weighted by molar-refractivity contribution is -0.279. The summed E-state index contributed by atoms with van der Waals surface area (Å²) in [5, 5.41) is 17.3. The second kappa shape index (κ2) is 17.7. The van der Waals surface area contributed by atoms with Crippen LogP contribution in [-0.4, -0.2) is 22.4 Å². The zero-order chi connectivity index (χ0) is 17.9. The van der Waals surface area contributed by atoms with E-state index in [2.05, 4.69) is 11.8 Å². The van der Waals surface area contributed by atoms with Gasteiger partial charge in [-0.25, -0.2) is 9.68 Å². The lowest BCUT2D eigenvalue weighted by Crippen LogP contribution is -2.09. The molecular weight excluding hydrogens is 304 g/mol. The Kier molecular flexibility index (Phi) is 16.5. The molecule has 0 rings (SSSR count). The van der Waals surface area contributed by atoms with E-state index < -0.39 is 5.97 Å². The Labute approximate surface area is 146 Å². The summed E-state index contributed by atoms with van der Waals surface area (Å²) in [5.74, 6) is -0.959. The Morgan fingerprint density at radius 3 is 2.12 bits per heavy atom. The van der Waals surface area contributed by atoms with Gasteiger partial charge in [0, 0.05) is 6.08 Å². The number of unbranched alkanes of at least 4 members (excludes halogenated alkanes) is 6. The van der Waals surface area contributed by atoms with E-state index in [9.17, 15) is 4.79 Å². The highest BCUT2D eigenvalue weighted by molar-refractivity contribution is 5.80. The van der Waals surface area contributed by atoms with Crippen molar-refractivity contribution in [3.63, 3.8) is 0 Å². The largest absolute Gasteiger partial charge is 0.478 e. The van der Waals surface area contributed by atoms with E-state index in [1.54, 1.807) is 12.2 Å². The average Bonchev–Trinajstić information content (AvgIpc) is 2.57. The third-order valence-corrected chi connectivity index (χ3v) is 3.61. The number of carboxylic acid groups (broad SMARTS) is 1. The van der Waals surface area contributed by atoms with Crippen LogP contribution in [0.3, 0.4) is 0 Å². The maximum atomic E-state index is 10.2. The summed E-state index contributed by atoms with van der Waals surface area (Å²) in [7, 11) is 0. The fraction of sp³-hybridized carbons (Fsp3) is 0.550. The minimum atomic E-state index is -0.959. The Morgan fingerprint density at radius 2 is 1.50 bits per heavy atom. The molecule has 1 atom stereocenters. The summed E-state index contributed by atoms with van der Waals surface area (Å²) >= 11 is 0. The van der Waals surface area contributed by atoms with Gasteiger partial charge in [0.1, 0.15) is 0 Å². The van der Waals surface area contributed by atoms with E-state index in [-0.39, 0.29) is 6.10 Å². The van der Waals surface area contributed by atoms with Crippen LogP contribution in [0, 0.1) is 0 Å². The van der Waals surface area contributed by atoms with Crippen molar-refractivity contribution in [3.8, 4) is 0 Å². The highest BCUT2D eigenvalue weighted by Gasteiger charge is 2.06. The summed E-state index contributed by atoms with van der Waals surface area (Å²) < 4.78 is 0. The van der Waals surface area contributed by atoms with Gasteiger partial charge in [0.05, 0.1) is 6.10 Å². The third kappa shape index (κ3) is 16.7. The first-order valence-electron chi connectivity index (χ1n) is 8.90. The first kappa shape index (κ1) is 22.4. The second-order valence-corrected chi connectivity index (χ2v) is 5.77. The third-order valence-electron chi connectivity index (χ3n) is 3.61. The molecule has 0 aliphatic carbocycles. The van der Waals surface area contributed by atoms with E-state index >= 15 is 0 Å². The van der Waals surface area contributed by atoms with Gasteiger partial charge >= 0.3 is 5.97 Å². The molecule has 1 unspecified atom stereocenters. The van der Waals surface area contributed by atoms with E-state index in [1.165, 1.54) is 44.6 Å². The first-order chi connectivity index (χ1) is 11.7. The van der Waals surface area contributed by atoms with Crippen LogP contribution in [0.2, 0.25) is 0 Å². The highest BCUT2D eigenvalue weighted by atomic mass is 17.1. The van der Waals surface area contributed by atoms with Gasteiger partial charge in [-0.3, -0.25) is 5.26 Å². The molecule has 136 valence electrons. The van der Waals surface area contributed by atoms with Gasteiger partial charge in [-0.2, -0.15) is 0 Å². The molecule has 4 nitrogen and oxygen atoms in total. The molecule has 0 aromatic heterocycles. The minimum absolute atomic E-state index is 0.140. The molecule has 0 bridgehead atoms. The van der Waals surface area contributed by atoms with Crippen molar-refractivity contribution >= 4 is 5.97 Å². The molecule has 0 saturated heterocycles. The van der Waals surface area contributed by atoms with Crippen molar-refractivity contribution in [3.05, 3.63) is 48.6 Å². The Balaban J connectivity index is 3.74. The fourth-order valence-corrected chi connectivity index (χ4v) is 2.25. The molecule has 0 saturated carbocycles. The second-order valence-electron chi connectivity index (χ2n) is 5.77. The summed E-state index contributed by atoms with van der Waals surface area (Å²) in [6.45, 7) is 2.22. The van der Waals surface area contributed by atoms with Crippen molar-refractivity contribution in [1.82, 2.24) is 0 Å². The van der Waals surface area contributed by atoms with Crippen LogP contribution in [0.4, 0.5) is 0 Å². The van der Waals surface area contributed by atoms with Crippen LogP contribution >= 0.6 is 0 Å². The molecule has 0 heterocycles. The number of hydrogen-bond donors (Lipinski definition) is 2. The Hall–Kier alpha value is -1.65. The van der Waals surface area contributed by atoms with E-state index in [4.69, 9.17) is 10.4 Å². The number of carbonyl (C=O) groups is 1. The Morgan fingerprint density at radius 1 is 0.917 bits per heavy atom. The molecule has 0 aliphatic heterocycles. The molecule has 0 aromatic carbocycles. The van der Waals surface area contributed by atoms with Crippen molar-refractivity contribution in [2.45, 2.75) is 70.8 Å². The molecule has 0 amide bonds. The standard InChI is InChI=1S/C20H32O4/c1-2-3-4-5-7-10-13-16-19(24-23)17-14-11-8-6-9-12-15-18-20(21)22/h6,8-9,11-12,14-15,18-19,23H,2-5,7,10,13,16-17H2,1H3,(H,21,22)/b8-6-,12-9-,14-11-,18-15+. The smallest absolute Gasteiger partial charge is 0.328 e. The Bertz CT molecular complexity index is 408. The van der Waals surface area contributed by atoms with Crippen molar-refractivity contribution in [2.24, 2.45) is 0 Å². The van der Waals surface area contributed by atoms with Gasteiger partial charge in [-0.1, -0.05) is 94.4 Å². The lowest BCUT2D eigenvalue weighted by atomic mass is 10.0. The molecule has 0 fully saturated rings. The van der Waals surface area contributed by atoms with E-state index in [0.29, 0.717) is 6.42 Å². The molecule has 0 aromatic rings. The zero-order valence-corrected chi connectivity index (χ0v) is 14.8. The minimum Gasteiger partial charge on any atom is -0.478 e. The number of carboxylic acids is 1. The van der Waals surface area contributed by atoms with Crippen LogP contribution in [0.15, 0.2) is 48.6 Å². The van der Waals surface area contributed by atoms with Gasteiger partial charge < -0.3 is 5.11 Å². The monoisotopic (exact) mass is 336 g/mol. The maximum Gasteiger partial charge on any atom is 0.328 e. The van der Waals surface area contributed by atoms with Crippen LogP contribution in [0.1, 0.15) is 64.7 Å². The molecule has 0 spiro atoms. The molecule has 0 aliphatic rings. The van der Waals surface area contributed by atoms with Gasteiger partial charge in [0.2, 0.25) is 0 Å². The predicted octanol–water partition coefficient (Wildman–Crippen LogP) is 5.68. The highest BCUT2D eigenvalue weighted by Crippen LogP contribution is 2.13. The average molecular weight is 336 g/mol. The van der Waals surface area contributed by atoms with E-state index in [1.807, 2.05) is 24.3 Å². The summed E-state index contributed by atoms with van der Waals surface area (Å²) in [6.07, 6.45) is 23.6. The normalized spacial score (nSPS) is 13.8. The first-order valence-corrected chi connectivity index (χ1v) is 8.90. The summed E-state index contributed by atoms with van der Waals surface area (Å²) in [4.78, 5) is 14.8. The molecule has 4 heteroatoms. The van der Waals surface area contributed by atoms with Gasteiger partial charge in [-0.05, 0) is 12.8 Å². The van der Waals surface area contributed by atoms with Crippen LogP contribution in [0.5, 0.6) is 0 Å². The van der Waals surface area contributed by atoms with Gasteiger partial charge in [0.15, 0.2) is 0 Å². The molecule has 2 N–H and O–H groups in total. The van der Waals surface area contributed by atoms with Crippen LogP contribution in [-0.2, 0) is 9.68 Å².